The van der Waals surface area contributed by atoms with Crippen molar-refractivity contribution in [3.63, 3.8) is 0 Å². The average Bonchev–Trinajstić information content (AvgIpc) is 2.22. The zero-order valence-electron chi connectivity index (χ0n) is 9.28. The number of hydrogen-bond donors (Lipinski definition) is 1. The van der Waals surface area contributed by atoms with E-state index in [9.17, 15) is 13.6 Å². The van der Waals surface area contributed by atoms with Crippen LogP contribution in [0.4, 0.5) is 14.5 Å². The van der Waals surface area contributed by atoms with Crippen molar-refractivity contribution in [2.75, 3.05) is 11.2 Å². The Morgan fingerprint density at radius 1 is 1.41 bits per heavy atom. The second-order valence-electron chi connectivity index (χ2n) is 4.22. The summed E-state index contributed by atoms with van der Waals surface area (Å²) in [5, 5.41) is 2.11. The second-order valence-corrected chi connectivity index (χ2v) is 4.89. The first-order valence-electron chi connectivity index (χ1n) is 4.80. The van der Waals surface area contributed by atoms with Gasteiger partial charge in [0.15, 0.2) is 5.82 Å². The molecule has 1 N–H and O–H groups in total. The highest BCUT2D eigenvalue weighted by atomic mass is 35.5. The Morgan fingerprint density at radius 2 is 2.00 bits per heavy atom. The summed E-state index contributed by atoms with van der Waals surface area (Å²) < 4.78 is 26.2. The van der Waals surface area contributed by atoms with Gasteiger partial charge >= 0.3 is 0 Å². The Balaban J connectivity index is 3.01. The molecule has 0 atom stereocenters. The lowest BCUT2D eigenvalue weighted by Crippen LogP contribution is -2.32. The minimum absolute atomic E-state index is 0.0687. The number of carbonyl (C=O) groups is 1. The van der Waals surface area contributed by atoms with Crippen LogP contribution < -0.4 is 5.32 Å². The molecule has 0 aliphatic heterocycles. The molecule has 0 heterocycles. The van der Waals surface area contributed by atoms with Gasteiger partial charge in [-0.15, -0.1) is 11.6 Å². The summed E-state index contributed by atoms with van der Waals surface area (Å²) in [7, 11) is 0. The second kappa shape index (κ2) is 5.19. The lowest BCUT2D eigenvalue weighted by atomic mass is 9.95. The molecular formula is C11H11Cl2F2NO. The van der Waals surface area contributed by atoms with E-state index < -0.39 is 23.0 Å². The van der Waals surface area contributed by atoms with Gasteiger partial charge < -0.3 is 5.32 Å². The largest absolute Gasteiger partial charge is 0.322 e. The minimum Gasteiger partial charge on any atom is -0.322 e. The molecule has 0 saturated heterocycles. The third kappa shape index (κ3) is 3.30. The van der Waals surface area contributed by atoms with E-state index in [4.69, 9.17) is 23.2 Å². The molecule has 0 aliphatic rings. The summed E-state index contributed by atoms with van der Waals surface area (Å²) in [5.41, 5.74) is -1.11. The number of alkyl halides is 1. The maximum atomic E-state index is 13.4. The summed E-state index contributed by atoms with van der Waals surface area (Å²) in [6, 6.07) is 1.57. The lowest BCUT2D eigenvalue weighted by Gasteiger charge is -2.21. The van der Waals surface area contributed by atoms with Crippen LogP contribution in [-0.4, -0.2) is 11.8 Å². The molecule has 0 unspecified atom stereocenters. The van der Waals surface area contributed by atoms with Crippen LogP contribution in [0.3, 0.4) is 0 Å². The van der Waals surface area contributed by atoms with Crippen molar-refractivity contribution in [1.82, 2.24) is 0 Å². The van der Waals surface area contributed by atoms with Crippen LogP contribution in [0, 0.1) is 17.0 Å². The number of rotatable bonds is 3. The van der Waals surface area contributed by atoms with Gasteiger partial charge in [0.05, 0.1) is 16.1 Å². The molecule has 2 nitrogen and oxygen atoms in total. The smallest absolute Gasteiger partial charge is 0.231 e. The molecule has 94 valence electrons. The normalized spacial score (nSPS) is 11.4. The molecular weight excluding hydrogens is 271 g/mol. The molecule has 0 spiro atoms. The molecule has 6 heteroatoms. The summed E-state index contributed by atoms with van der Waals surface area (Å²) in [4.78, 5) is 11.7. The third-order valence-electron chi connectivity index (χ3n) is 2.19. The number of halogens is 4. The van der Waals surface area contributed by atoms with Gasteiger partial charge in [0, 0.05) is 11.9 Å². The van der Waals surface area contributed by atoms with Gasteiger partial charge in [-0.1, -0.05) is 11.6 Å². The monoisotopic (exact) mass is 281 g/mol. The van der Waals surface area contributed by atoms with Crippen molar-refractivity contribution in [1.29, 1.82) is 0 Å². The first kappa shape index (κ1) is 14.2. The van der Waals surface area contributed by atoms with E-state index in [0.717, 1.165) is 6.07 Å². The van der Waals surface area contributed by atoms with E-state index in [1.165, 1.54) is 0 Å². The van der Waals surface area contributed by atoms with E-state index in [-0.39, 0.29) is 16.6 Å². The minimum atomic E-state index is -0.922. The van der Waals surface area contributed by atoms with Gasteiger partial charge in [0.1, 0.15) is 5.82 Å². The Bertz CT molecular complexity index is 426. The molecule has 1 aromatic rings. The first-order valence-corrected chi connectivity index (χ1v) is 5.71. The molecule has 0 radical (unpaired) electrons. The highest BCUT2D eigenvalue weighted by molar-refractivity contribution is 6.33. The highest BCUT2D eigenvalue weighted by Crippen LogP contribution is 2.28. The third-order valence-corrected chi connectivity index (χ3v) is 3.16. The Labute approximate surface area is 108 Å². The highest BCUT2D eigenvalue weighted by Gasteiger charge is 2.28. The van der Waals surface area contributed by atoms with Crippen LogP contribution in [0.1, 0.15) is 13.8 Å². The van der Waals surface area contributed by atoms with E-state index in [0.29, 0.717) is 6.07 Å². The molecule has 0 aliphatic carbocycles. The van der Waals surface area contributed by atoms with E-state index in [1.54, 1.807) is 13.8 Å². The number of carbonyl (C=O) groups excluding carboxylic acids is 1. The van der Waals surface area contributed by atoms with Crippen LogP contribution in [-0.2, 0) is 4.79 Å². The topological polar surface area (TPSA) is 29.1 Å². The van der Waals surface area contributed by atoms with Crippen molar-refractivity contribution in [3.05, 3.63) is 28.8 Å². The average molecular weight is 282 g/mol. The SMILES string of the molecule is CC(C)(CCl)C(=O)Nc1c(F)cc(F)cc1Cl. The summed E-state index contributed by atoms with van der Waals surface area (Å²) >= 11 is 11.3. The van der Waals surface area contributed by atoms with E-state index in [1.807, 2.05) is 0 Å². The Morgan fingerprint density at radius 3 is 2.47 bits per heavy atom. The van der Waals surface area contributed by atoms with Gasteiger partial charge in [-0.2, -0.15) is 0 Å². The fourth-order valence-electron chi connectivity index (χ4n) is 1.01. The van der Waals surface area contributed by atoms with Crippen LogP contribution >= 0.6 is 23.2 Å². The van der Waals surface area contributed by atoms with Crippen molar-refractivity contribution in [2.24, 2.45) is 5.41 Å². The Kier molecular flexibility index (Phi) is 4.33. The van der Waals surface area contributed by atoms with Crippen LogP contribution in [0.25, 0.3) is 0 Å². The van der Waals surface area contributed by atoms with E-state index >= 15 is 0 Å². The van der Waals surface area contributed by atoms with Gasteiger partial charge in [-0.25, -0.2) is 8.78 Å². The zero-order valence-corrected chi connectivity index (χ0v) is 10.8. The molecule has 1 amide bonds. The molecule has 0 fully saturated rings. The summed E-state index contributed by atoms with van der Waals surface area (Å²) in [5.74, 6) is -2.14. The maximum Gasteiger partial charge on any atom is 0.231 e. The Hall–Kier alpha value is -0.870. The molecule has 0 bridgehead atoms. The molecule has 0 saturated carbocycles. The number of anilines is 1. The van der Waals surface area contributed by atoms with Gasteiger partial charge in [0.2, 0.25) is 5.91 Å². The lowest BCUT2D eigenvalue weighted by molar-refractivity contribution is -0.123. The number of amides is 1. The predicted octanol–water partition coefficient (Wildman–Crippen LogP) is 3.82. The van der Waals surface area contributed by atoms with Crippen molar-refractivity contribution >= 4 is 34.8 Å². The first-order chi connectivity index (χ1) is 7.77. The van der Waals surface area contributed by atoms with Crippen LogP contribution in [0.15, 0.2) is 12.1 Å². The van der Waals surface area contributed by atoms with E-state index in [2.05, 4.69) is 5.32 Å². The number of benzene rings is 1. The summed E-state index contributed by atoms with van der Waals surface area (Å²) in [6.07, 6.45) is 0. The predicted molar refractivity (Wildman–Crippen MR) is 64.5 cm³/mol. The standard InChI is InChI=1S/C11H11Cl2F2NO/c1-11(2,5-12)10(17)16-9-7(13)3-6(14)4-8(9)15/h3-4H,5H2,1-2H3,(H,16,17). The fourth-order valence-corrected chi connectivity index (χ4v) is 1.37. The number of hydrogen-bond acceptors (Lipinski definition) is 1. The fraction of sp³-hybridized carbons (Fsp3) is 0.364. The quantitative estimate of drug-likeness (QED) is 0.839. The maximum absolute atomic E-state index is 13.4. The zero-order chi connectivity index (χ0) is 13.2. The summed E-state index contributed by atoms with van der Waals surface area (Å²) in [6.45, 7) is 3.20. The molecule has 1 aromatic carbocycles. The van der Waals surface area contributed by atoms with Crippen molar-refractivity contribution in [2.45, 2.75) is 13.8 Å². The molecule has 1 rings (SSSR count). The van der Waals surface area contributed by atoms with Crippen LogP contribution in [0.5, 0.6) is 0 Å². The molecule has 17 heavy (non-hydrogen) atoms. The molecule has 0 aromatic heterocycles. The van der Waals surface area contributed by atoms with Gasteiger partial charge in [-0.3, -0.25) is 4.79 Å². The number of nitrogens with one attached hydrogen (secondary N) is 1. The van der Waals surface area contributed by atoms with Crippen molar-refractivity contribution in [3.8, 4) is 0 Å². The van der Waals surface area contributed by atoms with Gasteiger partial charge in [-0.05, 0) is 19.9 Å². The van der Waals surface area contributed by atoms with Crippen molar-refractivity contribution < 1.29 is 13.6 Å². The van der Waals surface area contributed by atoms with Crippen LogP contribution in [0.2, 0.25) is 5.02 Å². The van der Waals surface area contributed by atoms with Gasteiger partial charge in [0.25, 0.3) is 0 Å².